The zero-order valence-corrected chi connectivity index (χ0v) is 13.5. The SMILES string of the molecule is Cc1nn(C(C)C)c(NCC(C)N(C)C2CC2)c1[N+](=O)[O-]. The van der Waals surface area contributed by atoms with Crippen molar-refractivity contribution in [1.29, 1.82) is 0 Å². The van der Waals surface area contributed by atoms with Gasteiger partial charge in [-0.15, -0.1) is 0 Å². The first kappa shape index (κ1) is 15.8. The van der Waals surface area contributed by atoms with Crippen molar-refractivity contribution < 1.29 is 4.92 Å². The van der Waals surface area contributed by atoms with Crippen LogP contribution in [0.2, 0.25) is 0 Å². The Morgan fingerprint density at radius 3 is 2.57 bits per heavy atom. The highest BCUT2D eigenvalue weighted by Gasteiger charge is 2.30. The summed E-state index contributed by atoms with van der Waals surface area (Å²) < 4.78 is 1.71. The Morgan fingerprint density at radius 1 is 1.48 bits per heavy atom. The summed E-state index contributed by atoms with van der Waals surface area (Å²) in [6, 6.07) is 1.08. The van der Waals surface area contributed by atoms with E-state index in [1.165, 1.54) is 12.8 Å². The van der Waals surface area contributed by atoms with Gasteiger partial charge in [0.15, 0.2) is 0 Å². The summed E-state index contributed by atoms with van der Waals surface area (Å²) in [5.74, 6) is 0.517. The van der Waals surface area contributed by atoms with Crippen LogP contribution >= 0.6 is 0 Å². The van der Waals surface area contributed by atoms with Gasteiger partial charge in [0.1, 0.15) is 5.69 Å². The average Bonchev–Trinajstić information content (AvgIpc) is 3.18. The molecule has 21 heavy (non-hydrogen) atoms. The molecule has 1 heterocycles. The van der Waals surface area contributed by atoms with Crippen molar-refractivity contribution in [2.45, 2.75) is 58.7 Å². The molecule has 0 radical (unpaired) electrons. The summed E-state index contributed by atoms with van der Waals surface area (Å²) in [7, 11) is 2.11. The quantitative estimate of drug-likeness (QED) is 0.618. The number of anilines is 1. The van der Waals surface area contributed by atoms with Crippen LogP contribution in [0.15, 0.2) is 0 Å². The Labute approximate surface area is 125 Å². The van der Waals surface area contributed by atoms with Crippen LogP contribution in [-0.2, 0) is 0 Å². The molecule has 1 N–H and O–H groups in total. The second-order valence-electron chi connectivity index (χ2n) is 6.20. The fraction of sp³-hybridized carbons (Fsp3) is 0.786. The van der Waals surface area contributed by atoms with Gasteiger partial charge in [-0.1, -0.05) is 0 Å². The van der Waals surface area contributed by atoms with Crippen LogP contribution in [0.5, 0.6) is 0 Å². The number of nitro groups is 1. The van der Waals surface area contributed by atoms with Gasteiger partial charge in [-0.05, 0) is 47.6 Å². The molecule has 0 bridgehead atoms. The van der Waals surface area contributed by atoms with Gasteiger partial charge in [0, 0.05) is 24.7 Å². The lowest BCUT2D eigenvalue weighted by molar-refractivity contribution is -0.384. The number of nitrogens with one attached hydrogen (secondary N) is 1. The third-order valence-electron chi connectivity index (χ3n) is 4.11. The Morgan fingerprint density at radius 2 is 2.10 bits per heavy atom. The minimum Gasteiger partial charge on any atom is -0.363 e. The Balaban J connectivity index is 2.15. The van der Waals surface area contributed by atoms with Gasteiger partial charge in [0.2, 0.25) is 5.82 Å². The lowest BCUT2D eigenvalue weighted by atomic mass is 10.2. The van der Waals surface area contributed by atoms with Crippen LogP contribution in [0.3, 0.4) is 0 Å². The summed E-state index contributed by atoms with van der Waals surface area (Å²) in [6.07, 6.45) is 2.51. The standard InChI is InChI=1S/C14H25N5O2/c1-9(2)18-14(13(19(20)21)11(4)16-18)15-8-10(3)17(5)12-6-7-12/h9-10,12,15H,6-8H2,1-5H3. The molecule has 1 saturated carbocycles. The van der Waals surface area contributed by atoms with E-state index >= 15 is 0 Å². The highest BCUT2D eigenvalue weighted by Crippen LogP contribution is 2.31. The van der Waals surface area contributed by atoms with Crippen molar-refractivity contribution in [3.8, 4) is 0 Å². The maximum Gasteiger partial charge on any atom is 0.333 e. The molecular weight excluding hydrogens is 270 g/mol. The molecule has 7 heteroatoms. The molecule has 0 amide bonds. The largest absolute Gasteiger partial charge is 0.363 e. The summed E-state index contributed by atoms with van der Waals surface area (Å²) in [6.45, 7) is 8.44. The molecule has 0 aromatic carbocycles. The Kier molecular flexibility index (Phi) is 4.51. The number of aromatic nitrogens is 2. The maximum absolute atomic E-state index is 11.3. The van der Waals surface area contributed by atoms with Gasteiger partial charge in [-0.3, -0.25) is 15.0 Å². The normalized spacial score (nSPS) is 16.5. The predicted octanol–water partition coefficient (Wildman–Crippen LogP) is 2.58. The summed E-state index contributed by atoms with van der Waals surface area (Å²) in [5, 5.41) is 18.8. The van der Waals surface area contributed by atoms with Crippen LogP contribution in [0.25, 0.3) is 0 Å². The number of hydrogen-bond acceptors (Lipinski definition) is 5. The van der Waals surface area contributed by atoms with Crippen LogP contribution in [0.1, 0.15) is 45.3 Å². The predicted molar refractivity (Wildman–Crippen MR) is 82.7 cm³/mol. The molecule has 2 rings (SSSR count). The molecule has 1 unspecified atom stereocenters. The molecule has 0 aliphatic heterocycles. The zero-order chi connectivity index (χ0) is 15.7. The fourth-order valence-corrected chi connectivity index (χ4v) is 2.53. The van der Waals surface area contributed by atoms with Crippen LogP contribution in [0.4, 0.5) is 11.5 Å². The van der Waals surface area contributed by atoms with Gasteiger partial charge in [0.25, 0.3) is 0 Å². The topological polar surface area (TPSA) is 76.2 Å². The van der Waals surface area contributed by atoms with E-state index in [2.05, 4.69) is 29.3 Å². The third kappa shape index (κ3) is 3.34. The molecule has 1 aromatic rings. The minimum absolute atomic E-state index is 0.0800. The number of hydrogen-bond donors (Lipinski definition) is 1. The van der Waals surface area contributed by atoms with Crippen molar-refractivity contribution in [3.05, 3.63) is 15.8 Å². The first-order chi connectivity index (χ1) is 9.82. The maximum atomic E-state index is 11.3. The number of likely N-dealkylation sites (N-methyl/N-ethyl adjacent to an activating group) is 1. The second-order valence-corrected chi connectivity index (χ2v) is 6.20. The number of rotatable bonds is 7. The molecule has 7 nitrogen and oxygen atoms in total. The van der Waals surface area contributed by atoms with E-state index < -0.39 is 0 Å². The number of nitrogens with zero attached hydrogens (tertiary/aromatic N) is 4. The number of aryl methyl sites for hydroxylation is 1. The van der Waals surface area contributed by atoms with Gasteiger partial charge in [0.05, 0.1) is 4.92 Å². The van der Waals surface area contributed by atoms with Crippen molar-refractivity contribution in [3.63, 3.8) is 0 Å². The van der Waals surface area contributed by atoms with E-state index in [4.69, 9.17) is 0 Å². The van der Waals surface area contributed by atoms with Gasteiger partial charge in [-0.25, -0.2) is 4.68 Å². The molecule has 1 aliphatic rings. The highest BCUT2D eigenvalue weighted by molar-refractivity contribution is 5.59. The first-order valence-corrected chi connectivity index (χ1v) is 7.52. The van der Waals surface area contributed by atoms with E-state index in [9.17, 15) is 10.1 Å². The Hall–Kier alpha value is -1.63. The van der Waals surface area contributed by atoms with E-state index in [0.29, 0.717) is 30.1 Å². The average molecular weight is 295 g/mol. The lowest BCUT2D eigenvalue weighted by Gasteiger charge is -2.25. The fourth-order valence-electron chi connectivity index (χ4n) is 2.53. The smallest absolute Gasteiger partial charge is 0.333 e. The van der Waals surface area contributed by atoms with E-state index in [0.717, 1.165) is 0 Å². The minimum atomic E-state index is -0.348. The van der Waals surface area contributed by atoms with Crippen molar-refractivity contribution in [1.82, 2.24) is 14.7 Å². The summed E-state index contributed by atoms with van der Waals surface area (Å²) in [5.41, 5.74) is 0.546. The second kappa shape index (κ2) is 6.01. The first-order valence-electron chi connectivity index (χ1n) is 7.52. The summed E-state index contributed by atoms with van der Waals surface area (Å²) in [4.78, 5) is 13.3. The van der Waals surface area contributed by atoms with E-state index in [1.54, 1.807) is 11.6 Å². The van der Waals surface area contributed by atoms with E-state index in [-0.39, 0.29) is 16.7 Å². The highest BCUT2D eigenvalue weighted by atomic mass is 16.6. The van der Waals surface area contributed by atoms with Crippen LogP contribution < -0.4 is 5.32 Å². The van der Waals surface area contributed by atoms with Gasteiger partial charge < -0.3 is 5.32 Å². The molecule has 118 valence electrons. The van der Waals surface area contributed by atoms with Gasteiger partial charge >= 0.3 is 5.69 Å². The molecule has 1 aromatic heterocycles. The van der Waals surface area contributed by atoms with Gasteiger partial charge in [-0.2, -0.15) is 5.10 Å². The molecular formula is C14H25N5O2. The lowest BCUT2D eigenvalue weighted by Crippen LogP contribution is -2.36. The van der Waals surface area contributed by atoms with Crippen molar-refractivity contribution >= 4 is 11.5 Å². The molecule has 1 fully saturated rings. The van der Waals surface area contributed by atoms with Crippen molar-refractivity contribution in [2.75, 3.05) is 18.9 Å². The van der Waals surface area contributed by atoms with Crippen molar-refractivity contribution in [2.24, 2.45) is 0 Å². The van der Waals surface area contributed by atoms with Crippen LogP contribution in [0, 0.1) is 17.0 Å². The molecule has 1 atom stereocenters. The monoisotopic (exact) mass is 295 g/mol. The molecule has 1 aliphatic carbocycles. The third-order valence-corrected chi connectivity index (χ3v) is 4.11. The summed E-state index contributed by atoms with van der Waals surface area (Å²) >= 11 is 0. The zero-order valence-electron chi connectivity index (χ0n) is 13.5. The van der Waals surface area contributed by atoms with E-state index in [1.807, 2.05) is 13.8 Å². The van der Waals surface area contributed by atoms with Crippen LogP contribution in [-0.4, -0.2) is 45.3 Å². The molecule has 0 saturated heterocycles. The Bertz CT molecular complexity index is 522. The molecule has 0 spiro atoms.